The number of benzene rings is 2. The maximum absolute atomic E-state index is 4.72. The Bertz CT molecular complexity index is 734. The van der Waals surface area contributed by atoms with Crippen molar-refractivity contribution in [3.63, 3.8) is 0 Å². The number of pyridine rings is 1. The van der Waals surface area contributed by atoms with Gasteiger partial charge >= 0.3 is 0 Å². The molecule has 0 radical (unpaired) electrons. The zero-order chi connectivity index (χ0) is 13.2. The monoisotopic (exact) mass is 311 g/mol. The number of hydrogen-bond donors (Lipinski definition) is 0. The second-order valence-corrected chi connectivity index (χ2v) is 5.55. The third-order valence-electron chi connectivity index (χ3n) is 3.26. The van der Waals surface area contributed by atoms with Gasteiger partial charge in [0.25, 0.3) is 0 Å². The summed E-state index contributed by atoms with van der Waals surface area (Å²) in [6, 6.07) is 18.9. The molecule has 3 rings (SSSR count). The fraction of sp³-hybridized carbons (Fsp3) is 0.118. The van der Waals surface area contributed by atoms with Crippen LogP contribution in [0, 0.1) is 6.92 Å². The fourth-order valence-electron chi connectivity index (χ4n) is 2.37. The van der Waals surface area contributed by atoms with Crippen molar-refractivity contribution in [2.45, 2.75) is 13.3 Å². The molecule has 0 fully saturated rings. The third-order valence-corrected chi connectivity index (χ3v) is 4.04. The number of fused-ring (bicyclic) bond motifs is 1. The summed E-state index contributed by atoms with van der Waals surface area (Å²) in [5.74, 6) is 0. The molecule has 0 aliphatic rings. The van der Waals surface area contributed by atoms with E-state index in [-0.39, 0.29) is 0 Å². The first-order valence-corrected chi connectivity index (χ1v) is 7.12. The minimum absolute atomic E-state index is 0.851. The molecule has 2 aromatic carbocycles. The number of rotatable bonds is 2. The largest absolute Gasteiger partial charge is 0.257 e. The maximum Gasteiger partial charge on any atom is 0.0529 e. The molecular formula is C17H14BrN. The molecule has 0 aliphatic carbocycles. The number of hydrogen-bond acceptors (Lipinski definition) is 1. The molecule has 19 heavy (non-hydrogen) atoms. The van der Waals surface area contributed by atoms with Gasteiger partial charge in [-0.1, -0.05) is 58.4 Å². The summed E-state index contributed by atoms with van der Waals surface area (Å²) >= 11 is 3.61. The highest BCUT2D eigenvalue weighted by Crippen LogP contribution is 2.24. The van der Waals surface area contributed by atoms with Crippen LogP contribution in [0.15, 0.2) is 59.1 Å². The molecule has 0 unspecified atom stereocenters. The van der Waals surface area contributed by atoms with E-state index in [1.165, 1.54) is 16.3 Å². The van der Waals surface area contributed by atoms with Crippen LogP contribution in [-0.2, 0) is 6.42 Å². The van der Waals surface area contributed by atoms with Crippen LogP contribution in [0.3, 0.4) is 0 Å². The van der Waals surface area contributed by atoms with Crippen molar-refractivity contribution in [2.24, 2.45) is 0 Å². The first-order chi connectivity index (χ1) is 9.24. The Kier molecular flexibility index (Phi) is 3.34. The van der Waals surface area contributed by atoms with Gasteiger partial charge < -0.3 is 0 Å². The number of halogens is 1. The van der Waals surface area contributed by atoms with E-state index in [9.17, 15) is 0 Å². The molecule has 0 saturated heterocycles. The van der Waals surface area contributed by atoms with Gasteiger partial charge in [-0.15, -0.1) is 0 Å². The summed E-state index contributed by atoms with van der Waals surface area (Å²) in [4.78, 5) is 4.72. The maximum atomic E-state index is 4.72. The summed E-state index contributed by atoms with van der Waals surface area (Å²) in [6.45, 7) is 2.05. The molecule has 1 heterocycles. The fourth-order valence-corrected chi connectivity index (χ4v) is 2.80. The quantitative estimate of drug-likeness (QED) is 0.656. The summed E-state index contributed by atoms with van der Waals surface area (Å²) < 4.78 is 1.14. The first-order valence-electron chi connectivity index (χ1n) is 6.33. The molecule has 0 aliphatic heterocycles. The van der Waals surface area contributed by atoms with Crippen molar-refractivity contribution in [1.82, 2.24) is 4.98 Å². The lowest BCUT2D eigenvalue weighted by molar-refractivity contribution is 1.06. The molecule has 0 N–H and O–H groups in total. The van der Waals surface area contributed by atoms with Crippen LogP contribution < -0.4 is 0 Å². The Hall–Kier alpha value is -1.67. The van der Waals surface area contributed by atoms with Crippen molar-refractivity contribution < 1.29 is 0 Å². The molecular weight excluding hydrogens is 298 g/mol. The van der Waals surface area contributed by atoms with Crippen LogP contribution in [0.4, 0.5) is 0 Å². The van der Waals surface area contributed by atoms with Crippen LogP contribution in [0.2, 0.25) is 0 Å². The van der Waals surface area contributed by atoms with Gasteiger partial charge in [0.1, 0.15) is 0 Å². The SMILES string of the molecule is Cc1cc2ccccc2c(Cc2ccccc2Br)n1. The molecule has 94 valence electrons. The van der Waals surface area contributed by atoms with Gasteiger partial charge in [-0.05, 0) is 30.0 Å². The Labute approximate surface area is 121 Å². The van der Waals surface area contributed by atoms with Crippen molar-refractivity contribution in [3.05, 3.63) is 76.0 Å². The normalized spacial score (nSPS) is 10.8. The molecule has 0 amide bonds. The van der Waals surface area contributed by atoms with Crippen LogP contribution in [0.25, 0.3) is 10.8 Å². The van der Waals surface area contributed by atoms with Crippen molar-refractivity contribution in [3.8, 4) is 0 Å². The molecule has 0 atom stereocenters. The van der Waals surface area contributed by atoms with Crippen LogP contribution in [0.1, 0.15) is 17.0 Å². The summed E-state index contributed by atoms with van der Waals surface area (Å²) in [5.41, 5.74) is 3.48. The Morgan fingerprint density at radius 2 is 1.74 bits per heavy atom. The Morgan fingerprint density at radius 1 is 1.00 bits per heavy atom. The summed E-state index contributed by atoms with van der Waals surface area (Å²) in [5, 5.41) is 2.50. The second kappa shape index (κ2) is 5.14. The molecule has 0 spiro atoms. The summed E-state index contributed by atoms with van der Waals surface area (Å²) in [7, 11) is 0. The van der Waals surface area contributed by atoms with E-state index < -0.39 is 0 Å². The number of nitrogens with zero attached hydrogens (tertiary/aromatic N) is 1. The zero-order valence-corrected chi connectivity index (χ0v) is 12.3. The number of aryl methyl sites for hydroxylation is 1. The van der Waals surface area contributed by atoms with Crippen LogP contribution in [-0.4, -0.2) is 4.98 Å². The van der Waals surface area contributed by atoms with Crippen LogP contribution >= 0.6 is 15.9 Å². The molecule has 0 saturated carbocycles. The predicted molar refractivity (Wildman–Crippen MR) is 83.4 cm³/mol. The molecule has 3 aromatic rings. The van der Waals surface area contributed by atoms with E-state index in [2.05, 4.69) is 71.4 Å². The van der Waals surface area contributed by atoms with E-state index in [1.807, 2.05) is 6.07 Å². The average Bonchev–Trinajstić information content (AvgIpc) is 2.41. The van der Waals surface area contributed by atoms with E-state index in [4.69, 9.17) is 4.98 Å². The molecule has 2 heteroatoms. The van der Waals surface area contributed by atoms with Gasteiger partial charge in [-0.3, -0.25) is 4.98 Å². The Balaban J connectivity index is 2.13. The molecule has 0 bridgehead atoms. The van der Waals surface area contributed by atoms with Gasteiger partial charge in [-0.25, -0.2) is 0 Å². The first kappa shape index (κ1) is 12.4. The standard InChI is InChI=1S/C17H14BrN/c1-12-10-13-6-2-4-8-15(13)17(19-12)11-14-7-3-5-9-16(14)18/h2-10H,11H2,1H3. The van der Waals surface area contributed by atoms with Gasteiger partial charge in [0.05, 0.1) is 5.69 Å². The Morgan fingerprint density at radius 3 is 2.58 bits per heavy atom. The van der Waals surface area contributed by atoms with E-state index in [1.54, 1.807) is 0 Å². The topological polar surface area (TPSA) is 12.9 Å². The lowest BCUT2D eigenvalue weighted by Crippen LogP contribution is -1.96. The van der Waals surface area contributed by atoms with E-state index in [0.717, 1.165) is 22.3 Å². The molecule has 1 aromatic heterocycles. The van der Waals surface area contributed by atoms with Crippen LogP contribution in [0.5, 0.6) is 0 Å². The smallest absolute Gasteiger partial charge is 0.0529 e. The van der Waals surface area contributed by atoms with Gasteiger partial charge in [0.15, 0.2) is 0 Å². The minimum Gasteiger partial charge on any atom is -0.257 e. The highest BCUT2D eigenvalue weighted by Gasteiger charge is 2.07. The highest BCUT2D eigenvalue weighted by atomic mass is 79.9. The van der Waals surface area contributed by atoms with Crippen molar-refractivity contribution in [2.75, 3.05) is 0 Å². The van der Waals surface area contributed by atoms with Gasteiger partial charge in [-0.2, -0.15) is 0 Å². The highest BCUT2D eigenvalue weighted by molar-refractivity contribution is 9.10. The zero-order valence-electron chi connectivity index (χ0n) is 10.7. The second-order valence-electron chi connectivity index (χ2n) is 4.70. The number of aromatic nitrogens is 1. The average molecular weight is 312 g/mol. The van der Waals surface area contributed by atoms with Crippen molar-refractivity contribution >= 4 is 26.7 Å². The van der Waals surface area contributed by atoms with E-state index in [0.29, 0.717) is 0 Å². The van der Waals surface area contributed by atoms with Gasteiger partial charge in [0.2, 0.25) is 0 Å². The molecule has 1 nitrogen and oxygen atoms in total. The lowest BCUT2D eigenvalue weighted by Gasteiger charge is -2.09. The lowest BCUT2D eigenvalue weighted by atomic mass is 10.0. The van der Waals surface area contributed by atoms with E-state index >= 15 is 0 Å². The van der Waals surface area contributed by atoms with Crippen molar-refractivity contribution in [1.29, 1.82) is 0 Å². The predicted octanol–water partition coefficient (Wildman–Crippen LogP) is 4.90. The third kappa shape index (κ3) is 2.54. The minimum atomic E-state index is 0.851. The van der Waals surface area contributed by atoms with Gasteiger partial charge in [0, 0.05) is 22.0 Å². The summed E-state index contributed by atoms with van der Waals surface area (Å²) in [6.07, 6.45) is 0.851.